The molecule has 0 saturated heterocycles. The fraction of sp³-hybridized carbons (Fsp3) is 0.357. The summed E-state index contributed by atoms with van der Waals surface area (Å²) >= 11 is 5.85. The molecule has 2 rings (SSSR count). The molecule has 1 N–H and O–H groups in total. The van der Waals surface area contributed by atoms with Crippen LogP contribution in [0, 0.1) is 0 Å². The van der Waals surface area contributed by atoms with Crippen LogP contribution in [0.3, 0.4) is 0 Å². The van der Waals surface area contributed by atoms with Crippen LogP contribution < -0.4 is 5.32 Å². The number of hydrogen-bond acceptors (Lipinski definition) is 3. The zero-order valence-electron chi connectivity index (χ0n) is 11.8. The molecule has 0 saturated carbocycles. The molecular formula is C14H17ClN4O. The number of carbonyl (C=O) groups is 1. The molecule has 1 amide bonds. The summed E-state index contributed by atoms with van der Waals surface area (Å²) in [4.78, 5) is 16.2. The Bertz CT molecular complexity index is 636. The van der Waals surface area contributed by atoms with E-state index in [9.17, 15) is 4.79 Å². The number of pyridine rings is 1. The highest BCUT2D eigenvalue weighted by molar-refractivity contribution is 6.30. The second kappa shape index (κ2) is 6.05. The molecule has 0 spiro atoms. The number of nitrogens with one attached hydrogen (secondary N) is 1. The monoisotopic (exact) mass is 292 g/mol. The molecule has 20 heavy (non-hydrogen) atoms. The van der Waals surface area contributed by atoms with Crippen LogP contribution in [0.5, 0.6) is 0 Å². The van der Waals surface area contributed by atoms with Crippen molar-refractivity contribution in [3.63, 3.8) is 0 Å². The van der Waals surface area contributed by atoms with Gasteiger partial charge in [0.25, 0.3) is 5.91 Å². The molecule has 0 aliphatic carbocycles. The van der Waals surface area contributed by atoms with Crippen molar-refractivity contribution in [1.29, 1.82) is 0 Å². The summed E-state index contributed by atoms with van der Waals surface area (Å²) < 4.78 is 1.70. The fourth-order valence-electron chi connectivity index (χ4n) is 2.15. The Labute approximate surface area is 123 Å². The van der Waals surface area contributed by atoms with E-state index in [1.54, 1.807) is 10.7 Å². The molecule has 0 atom stereocenters. The number of halogens is 1. The predicted octanol–water partition coefficient (Wildman–Crippen LogP) is 2.85. The zero-order chi connectivity index (χ0) is 14.7. The molecule has 0 fully saturated rings. The molecule has 0 bridgehead atoms. The van der Waals surface area contributed by atoms with E-state index in [0.717, 1.165) is 29.9 Å². The third kappa shape index (κ3) is 2.82. The van der Waals surface area contributed by atoms with Gasteiger partial charge in [0.2, 0.25) is 0 Å². The second-order valence-corrected chi connectivity index (χ2v) is 4.89. The van der Waals surface area contributed by atoms with Gasteiger partial charge in [0.1, 0.15) is 5.82 Å². The highest BCUT2D eigenvalue weighted by Crippen LogP contribution is 2.21. The predicted molar refractivity (Wildman–Crippen MR) is 79.2 cm³/mol. The Morgan fingerprint density at radius 1 is 1.35 bits per heavy atom. The van der Waals surface area contributed by atoms with Crippen LogP contribution in [0.1, 0.15) is 35.5 Å². The van der Waals surface area contributed by atoms with Gasteiger partial charge in [0.15, 0.2) is 0 Å². The van der Waals surface area contributed by atoms with Gasteiger partial charge in [-0.25, -0.2) is 0 Å². The Balaban J connectivity index is 2.30. The molecule has 2 aromatic rings. The molecule has 6 heteroatoms. The van der Waals surface area contributed by atoms with Gasteiger partial charge < -0.3 is 5.32 Å². The second-order valence-electron chi connectivity index (χ2n) is 4.45. The zero-order valence-corrected chi connectivity index (χ0v) is 12.5. The number of hydrogen-bond donors (Lipinski definition) is 1. The van der Waals surface area contributed by atoms with Crippen molar-refractivity contribution < 1.29 is 4.79 Å². The summed E-state index contributed by atoms with van der Waals surface area (Å²) in [6.07, 6.45) is 4.64. The van der Waals surface area contributed by atoms with Gasteiger partial charge in [0.05, 0.1) is 16.3 Å². The smallest absolute Gasteiger partial charge is 0.258 e. The van der Waals surface area contributed by atoms with Crippen LogP contribution >= 0.6 is 11.6 Å². The number of aromatic nitrogens is 3. The van der Waals surface area contributed by atoms with Crippen molar-refractivity contribution in [3.8, 4) is 0 Å². The normalized spacial score (nSPS) is 10.6. The van der Waals surface area contributed by atoms with Gasteiger partial charge in [0, 0.05) is 25.0 Å². The van der Waals surface area contributed by atoms with Crippen LogP contribution in [0.15, 0.2) is 18.5 Å². The molecule has 5 nitrogen and oxygen atoms in total. The van der Waals surface area contributed by atoms with Crippen LogP contribution in [0.25, 0.3) is 0 Å². The fourth-order valence-corrected chi connectivity index (χ4v) is 2.32. The van der Waals surface area contributed by atoms with Gasteiger partial charge in [-0.05, 0) is 18.9 Å². The third-order valence-electron chi connectivity index (χ3n) is 3.12. The van der Waals surface area contributed by atoms with Crippen LogP contribution in [0.2, 0.25) is 5.02 Å². The molecule has 0 aliphatic rings. The average molecular weight is 293 g/mol. The van der Waals surface area contributed by atoms with Gasteiger partial charge in [-0.15, -0.1) is 0 Å². The number of amides is 1. The van der Waals surface area contributed by atoms with Gasteiger partial charge in [-0.1, -0.05) is 25.4 Å². The molecule has 106 valence electrons. The van der Waals surface area contributed by atoms with E-state index in [1.807, 2.05) is 20.9 Å². The SMILES string of the molecule is CCc1nn(C)c(NC(=O)c2cncc(Cl)c2)c1CC. The van der Waals surface area contributed by atoms with Crippen LogP contribution in [0.4, 0.5) is 5.82 Å². The quantitative estimate of drug-likeness (QED) is 0.942. The molecule has 2 aromatic heterocycles. The first-order chi connectivity index (χ1) is 9.56. The van der Waals surface area contributed by atoms with E-state index < -0.39 is 0 Å². The summed E-state index contributed by atoms with van der Waals surface area (Å²) in [5.74, 6) is 0.495. The first-order valence-electron chi connectivity index (χ1n) is 6.53. The van der Waals surface area contributed by atoms with Gasteiger partial charge in [-0.3, -0.25) is 14.5 Å². The molecule has 0 radical (unpaired) electrons. The molecule has 0 unspecified atom stereocenters. The lowest BCUT2D eigenvalue weighted by Gasteiger charge is -2.08. The molecule has 2 heterocycles. The Morgan fingerprint density at radius 3 is 2.70 bits per heavy atom. The highest BCUT2D eigenvalue weighted by Gasteiger charge is 2.16. The first-order valence-corrected chi connectivity index (χ1v) is 6.91. The molecular weight excluding hydrogens is 276 g/mol. The van der Waals surface area contributed by atoms with Crippen molar-refractivity contribution >= 4 is 23.3 Å². The summed E-state index contributed by atoms with van der Waals surface area (Å²) in [6.45, 7) is 4.10. The largest absolute Gasteiger partial charge is 0.306 e. The number of rotatable bonds is 4. The summed E-state index contributed by atoms with van der Waals surface area (Å²) in [5, 5.41) is 7.75. The summed E-state index contributed by atoms with van der Waals surface area (Å²) in [6, 6.07) is 1.59. The van der Waals surface area contributed by atoms with E-state index in [4.69, 9.17) is 11.6 Å². The van der Waals surface area contributed by atoms with E-state index in [1.165, 1.54) is 12.4 Å². The first kappa shape index (κ1) is 14.5. The standard InChI is InChI=1S/C14H17ClN4O/c1-4-11-12(5-2)18-19(3)13(11)17-14(20)9-6-10(15)8-16-7-9/h6-8H,4-5H2,1-3H3,(H,17,20). The Hall–Kier alpha value is -1.88. The van der Waals surface area contributed by atoms with E-state index in [2.05, 4.69) is 15.4 Å². The molecule has 0 aromatic carbocycles. The van der Waals surface area contributed by atoms with Gasteiger partial charge >= 0.3 is 0 Å². The average Bonchev–Trinajstić information content (AvgIpc) is 2.74. The van der Waals surface area contributed by atoms with Crippen LogP contribution in [-0.2, 0) is 19.9 Å². The Kier molecular flexibility index (Phi) is 4.39. The summed E-state index contributed by atoms with van der Waals surface area (Å²) in [5.41, 5.74) is 2.51. The lowest BCUT2D eigenvalue weighted by Crippen LogP contribution is -2.16. The maximum Gasteiger partial charge on any atom is 0.258 e. The minimum atomic E-state index is -0.236. The van der Waals surface area contributed by atoms with Crippen LogP contribution in [-0.4, -0.2) is 20.7 Å². The maximum absolute atomic E-state index is 12.2. The lowest BCUT2D eigenvalue weighted by atomic mass is 10.1. The van der Waals surface area contributed by atoms with Gasteiger partial charge in [-0.2, -0.15) is 5.10 Å². The van der Waals surface area contributed by atoms with E-state index in [0.29, 0.717) is 10.6 Å². The lowest BCUT2D eigenvalue weighted by molar-refractivity contribution is 0.102. The Morgan fingerprint density at radius 2 is 2.10 bits per heavy atom. The minimum Gasteiger partial charge on any atom is -0.306 e. The number of nitrogens with zero attached hydrogens (tertiary/aromatic N) is 3. The van der Waals surface area contributed by atoms with Crippen molar-refractivity contribution in [2.75, 3.05) is 5.32 Å². The summed E-state index contributed by atoms with van der Waals surface area (Å²) in [7, 11) is 1.82. The van der Waals surface area contributed by atoms with E-state index in [-0.39, 0.29) is 5.91 Å². The number of aryl methyl sites for hydroxylation is 2. The maximum atomic E-state index is 12.2. The number of carbonyl (C=O) groups excluding carboxylic acids is 1. The third-order valence-corrected chi connectivity index (χ3v) is 3.32. The minimum absolute atomic E-state index is 0.236. The number of anilines is 1. The van der Waals surface area contributed by atoms with E-state index >= 15 is 0 Å². The van der Waals surface area contributed by atoms with Crippen molar-refractivity contribution in [2.24, 2.45) is 7.05 Å². The van der Waals surface area contributed by atoms with Crippen molar-refractivity contribution in [2.45, 2.75) is 26.7 Å². The highest BCUT2D eigenvalue weighted by atomic mass is 35.5. The van der Waals surface area contributed by atoms with Crippen molar-refractivity contribution in [3.05, 3.63) is 40.3 Å². The van der Waals surface area contributed by atoms with Crippen molar-refractivity contribution in [1.82, 2.24) is 14.8 Å². The molecule has 0 aliphatic heterocycles. The topological polar surface area (TPSA) is 59.8 Å².